The number of aliphatic hydroxyl groups is 1. The first-order valence-electron chi connectivity index (χ1n) is 11.1. The van der Waals surface area contributed by atoms with Crippen LogP contribution in [0.1, 0.15) is 41.3 Å². The maximum atomic E-state index is 13.3. The molecule has 1 aliphatic heterocycles. The highest BCUT2D eigenvalue weighted by atomic mass is 32.2. The molecule has 0 saturated carbocycles. The van der Waals surface area contributed by atoms with E-state index in [2.05, 4.69) is 10.3 Å². The number of primary sulfonamides is 1. The molecule has 2 aliphatic carbocycles. The lowest BCUT2D eigenvalue weighted by Gasteiger charge is -2.23. The Labute approximate surface area is 207 Å². The first-order valence-corrected chi connectivity index (χ1v) is 12.6. The largest absolute Gasteiger partial charge is 0.392 e. The van der Waals surface area contributed by atoms with Crippen LogP contribution in [-0.2, 0) is 20.3 Å². The van der Waals surface area contributed by atoms with E-state index < -0.39 is 27.5 Å². The van der Waals surface area contributed by atoms with E-state index in [-0.39, 0.29) is 17.3 Å². The molecule has 1 aromatic heterocycles. The van der Waals surface area contributed by atoms with Crippen molar-refractivity contribution in [1.29, 1.82) is 5.41 Å². The third-order valence-electron chi connectivity index (χ3n) is 6.47. The predicted octanol–water partition coefficient (Wildman–Crippen LogP) is 1.88. The van der Waals surface area contributed by atoms with E-state index >= 15 is 0 Å². The number of fused-ring (bicyclic) bond motifs is 3. The van der Waals surface area contributed by atoms with Gasteiger partial charge in [-0.05, 0) is 41.8 Å². The number of amidine groups is 1. The number of amides is 2. The molecule has 1 saturated heterocycles. The van der Waals surface area contributed by atoms with Crippen molar-refractivity contribution in [3.63, 3.8) is 0 Å². The zero-order chi connectivity index (χ0) is 25.7. The van der Waals surface area contributed by atoms with E-state index in [1.165, 1.54) is 18.3 Å². The number of nitrogens with one attached hydrogen (secondary N) is 2. The predicted molar refractivity (Wildman–Crippen MR) is 132 cm³/mol. The lowest BCUT2D eigenvalue weighted by Crippen LogP contribution is -2.33. The smallest absolute Gasteiger partial charge is 0.355 e. The highest BCUT2D eigenvalue weighted by Gasteiger charge is 2.58. The summed E-state index contributed by atoms with van der Waals surface area (Å²) in [6, 6.07) is 7.51. The first-order chi connectivity index (χ1) is 17.1. The van der Waals surface area contributed by atoms with Gasteiger partial charge in [0.2, 0.25) is 10.0 Å². The van der Waals surface area contributed by atoms with Crippen molar-refractivity contribution in [1.82, 2.24) is 10.0 Å². The van der Waals surface area contributed by atoms with Gasteiger partial charge >= 0.3 is 6.03 Å². The SMILES string of the molecule is N=C(N)c1cccc(C2CC(=CCO)ON2C(=O)Nc2cnc3c(c2)C32CC=CC=C2S(N)(=O)=O)c1. The number of hydrogen-bond acceptors (Lipinski definition) is 7. The van der Waals surface area contributed by atoms with Crippen LogP contribution in [0, 0.1) is 5.41 Å². The van der Waals surface area contributed by atoms with E-state index in [9.17, 15) is 18.3 Å². The number of urea groups is 1. The van der Waals surface area contributed by atoms with Gasteiger partial charge in [0, 0.05) is 12.0 Å². The van der Waals surface area contributed by atoms with Gasteiger partial charge < -0.3 is 21.0 Å². The summed E-state index contributed by atoms with van der Waals surface area (Å²) in [5, 5.41) is 26.4. The second kappa shape index (κ2) is 8.59. The number of benzene rings is 1. The van der Waals surface area contributed by atoms with Gasteiger partial charge in [-0.3, -0.25) is 10.4 Å². The molecule has 11 nitrogen and oxygen atoms in total. The minimum absolute atomic E-state index is 0.0792. The molecule has 12 heteroatoms. The molecule has 2 amide bonds. The quantitative estimate of drug-likeness (QED) is 0.301. The van der Waals surface area contributed by atoms with Crippen LogP contribution in [0.25, 0.3) is 0 Å². The molecule has 36 heavy (non-hydrogen) atoms. The Bertz CT molecular complexity index is 1480. The van der Waals surface area contributed by atoms with Gasteiger partial charge in [0.15, 0.2) is 0 Å². The van der Waals surface area contributed by atoms with Gasteiger partial charge in [-0.25, -0.2) is 18.4 Å². The summed E-state index contributed by atoms with van der Waals surface area (Å²) in [6.07, 6.45) is 8.63. The summed E-state index contributed by atoms with van der Waals surface area (Å²) < 4.78 is 24.4. The number of nitrogen functional groups attached to an aromatic ring is 1. The standard InChI is InChI=1S/C24H24N6O5S/c25-22(26)15-5-3-4-14(10-15)19-12-17(7-9-31)35-30(19)23(32)29-16-11-18-21(28-13-16)24(18)8-2-1-6-20(24)36(27,33)34/h1-7,10-11,13,19,31H,8-9,12H2,(H3,25,26)(H,29,32)(H2,27,33,34). The Kier molecular flexibility index (Phi) is 5.66. The number of aliphatic hydroxyl groups excluding tert-OH is 1. The second-order valence-electron chi connectivity index (χ2n) is 8.69. The van der Waals surface area contributed by atoms with E-state index in [1.54, 1.807) is 36.4 Å². The summed E-state index contributed by atoms with van der Waals surface area (Å²) in [6.45, 7) is -0.254. The third-order valence-corrected chi connectivity index (χ3v) is 7.57. The summed E-state index contributed by atoms with van der Waals surface area (Å²) in [5.41, 5.74) is 7.58. The molecule has 1 aromatic carbocycles. The molecule has 186 valence electrons. The number of rotatable bonds is 5. The maximum absolute atomic E-state index is 13.3. The number of carbonyl (C=O) groups excluding carboxylic acids is 1. The third kappa shape index (κ3) is 3.94. The van der Waals surface area contributed by atoms with Crippen molar-refractivity contribution in [2.45, 2.75) is 24.3 Å². The zero-order valence-corrected chi connectivity index (χ0v) is 19.8. The van der Waals surface area contributed by atoms with Crippen LogP contribution >= 0.6 is 0 Å². The van der Waals surface area contributed by atoms with Gasteiger partial charge in [-0.15, -0.1) is 5.06 Å². The molecule has 2 atom stereocenters. The number of allylic oxidation sites excluding steroid dienone is 4. The van der Waals surface area contributed by atoms with Crippen molar-refractivity contribution >= 4 is 27.6 Å². The van der Waals surface area contributed by atoms with Crippen molar-refractivity contribution in [3.05, 3.63) is 93.9 Å². The second-order valence-corrected chi connectivity index (χ2v) is 10.2. The highest BCUT2D eigenvalue weighted by Crippen LogP contribution is 2.59. The van der Waals surface area contributed by atoms with Crippen LogP contribution in [-0.4, -0.2) is 42.0 Å². The molecule has 1 spiro atoms. The average Bonchev–Trinajstić information content (AvgIpc) is 3.22. The number of hydroxylamine groups is 2. The number of hydrogen-bond donors (Lipinski definition) is 5. The molecule has 7 N–H and O–H groups in total. The highest BCUT2D eigenvalue weighted by molar-refractivity contribution is 7.93. The van der Waals surface area contributed by atoms with Crippen molar-refractivity contribution in [2.24, 2.45) is 10.9 Å². The van der Waals surface area contributed by atoms with E-state index in [0.717, 1.165) is 5.06 Å². The summed E-state index contributed by atoms with van der Waals surface area (Å²) in [7, 11) is -3.94. The minimum atomic E-state index is -3.94. The molecule has 0 radical (unpaired) electrons. The van der Waals surface area contributed by atoms with Gasteiger partial charge in [0.25, 0.3) is 0 Å². The Morgan fingerprint density at radius 1 is 1.39 bits per heavy atom. The Balaban J connectivity index is 1.40. The normalized spacial score (nSPS) is 23.3. The minimum Gasteiger partial charge on any atom is -0.392 e. The van der Waals surface area contributed by atoms with Crippen LogP contribution in [0.15, 0.2) is 71.5 Å². The summed E-state index contributed by atoms with van der Waals surface area (Å²) in [5.74, 6) is 0.314. The number of carbonyl (C=O) groups is 1. The lowest BCUT2D eigenvalue weighted by atomic mass is 9.93. The number of nitrogens with zero attached hydrogens (tertiary/aromatic N) is 2. The molecular weight excluding hydrogens is 484 g/mol. The van der Waals surface area contributed by atoms with Gasteiger partial charge in [0.05, 0.1) is 34.5 Å². The molecule has 2 heterocycles. The van der Waals surface area contributed by atoms with Crippen molar-refractivity contribution in [3.8, 4) is 0 Å². The van der Waals surface area contributed by atoms with Gasteiger partial charge in [-0.1, -0.05) is 30.4 Å². The fourth-order valence-electron chi connectivity index (χ4n) is 4.78. The topological polar surface area (TPSA) is 185 Å². The molecule has 3 aliphatic rings. The Morgan fingerprint density at radius 2 is 2.19 bits per heavy atom. The van der Waals surface area contributed by atoms with Crippen LogP contribution < -0.4 is 16.2 Å². The van der Waals surface area contributed by atoms with E-state index in [1.807, 2.05) is 6.08 Å². The number of nitrogens with two attached hydrogens (primary N) is 2. The van der Waals surface area contributed by atoms with Crippen molar-refractivity contribution in [2.75, 3.05) is 11.9 Å². The van der Waals surface area contributed by atoms with Gasteiger partial charge in [0.1, 0.15) is 17.6 Å². The monoisotopic (exact) mass is 508 g/mol. The molecule has 5 rings (SSSR count). The number of aromatic nitrogens is 1. The van der Waals surface area contributed by atoms with Crippen LogP contribution in [0.5, 0.6) is 0 Å². The van der Waals surface area contributed by atoms with Crippen LogP contribution in [0.3, 0.4) is 0 Å². The fraction of sp³-hybridized carbons (Fsp3) is 0.208. The molecule has 2 aromatic rings. The Morgan fingerprint density at radius 3 is 2.92 bits per heavy atom. The molecule has 2 unspecified atom stereocenters. The Hall–Kier alpha value is -4.00. The van der Waals surface area contributed by atoms with Crippen molar-refractivity contribution < 1.29 is 23.2 Å². The summed E-state index contributed by atoms with van der Waals surface area (Å²) >= 11 is 0. The molecular formula is C24H24N6O5S. The van der Waals surface area contributed by atoms with E-state index in [4.69, 9.17) is 21.1 Å². The average molecular weight is 509 g/mol. The lowest BCUT2D eigenvalue weighted by molar-refractivity contribution is -0.0553. The first kappa shape index (κ1) is 23.7. The van der Waals surface area contributed by atoms with E-state index in [0.29, 0.717) is 46.7 Å². The maximum Gasteiger partial charge on any atom is 0.355 e. The molecule has 1 fully saturated rings. The molecule has 0 bridgehead atoms. The van der Waals surface area contributed by atoms with Crippen LogP contribution in [0.4, 0.5) is 10.5 Å². The fourth-order valence-corrected chi connectivity index (χ4v) is 5.83. The van der Waals surface area contributed by atoms with Crippen LogP contribution in [0.2, 0.25) is 0 Å². The zero-order valence-electron chi connectivity index (χ0n) is 19.0. The number of pyridine rings is 1. The number of sulfonamides is 1. The summed E-state index contributed by atoms with van der Waals surface area (Å²) in [4.78, 5) is 23.4. The van der Waals surface area contributed by atoms with Gasteiger partial charge in [-0.2, -0.15) is 0 Å². The number of anilines is 1.